The fraction of sp³-hybridized carbons (Fsp3) is 0.440. The van der Waals surface area contributed by atoms with E-state index in [4.69, 9.17) is 0 Å². The molecule has 0 saturated heterocycles. The molecule has 5 rings (SSSR count). The van der Waals surface area contributed by atoms with Crippen molar-refractivity contribution in [2.75, 3.05) is 0 Å². The average molecular weight is 328 g/mol. The quantitative estimate of drug-likeness (QED) is 0.572. The van der Waals surface area contributed by atoms with Gasteiger partial charge >= 0.3 is 0 Å². The first kappa shape index (κ1) is 15.4. The summed E-state index contributed by atoms with van der Waals surface area (Å²) in [5, 5.41) is 0. The highest BCUT2D eigenvalue weighted by Gasteiger charge is 2.55. The zero-order chi connectivity index (χ0) is 16.7. The Balaban J connectivity index is 1.76. The van der Waals surface area contributed by atoms with Crippen LogP contribution in [0.5, 0.6) is 0 Å². The molecule has 0 aromatic heterocycles. The number of hydrogen-bond acceptors (Lipinski definition) is 0. The van der Waals surface area contributed by atoms with Crippen molar-refractivity contribution in [3.63, 3.8) is 0 Å². The van der Waals surface area contributed by atoms with E-state index >= 15 is 0 Å². The standard InChI is InChI=1S/C25H28/c1-3-11-19(12-4-1)25(20-13-5-2-6-14-20)23-17-9-7-15-21(23)22-16-8-10-18-24(22)25/h3,7-12,15-18,20-21,23H,1-2,4-6,13-14H2. The monoisotopic (exact) mass is 328 g/mol. The first-order valence-corrected chi connectivity index (χ1v) is 10.2. The summed E-state index contributed by atoms with van der Waals surface area (Å²) in [6.45, 7) is 0. The summed E-state index contributed by atoms with van der Waals surface area (Å²) < 4.78 is 0. The predicted molar refractivity (Wildman–Crippen MR) is 106 cm³/mol. The van der Waals surface area contributed by atoms with Gasteiger partial charge in [-0.1, -0.05) is 86.1 Å². The Morgan fingerprint density at radius 3 is 2.56 bits per heavy atom. The van der Waals surface area contributed by atoms with E-state index < -0.39 is 0 Å². The van der Waals surface area contributed by atoms with Gasteiger partial charge in [-0.3, -0.25) is 0 Å². The third kappa shape index (κ3) is 2.19. The molecule has 128 valence electrons. The Bertz CT molecular complexity index is 769. The van der Waals surface area contributed by atoms with Gasteiger partial charge in [0.25, 0.3) is 0 Å². The summed E-state index contributed by atoms with van der Waals surface area (Å²) >= 11 is 0. The van der Waals surface area contributed by atoms with Crippen LogP contribution in [0.2, 0.25) is 0 Å². The SMILES string of the molecule is C1=CC2c3ccccc3C(C3=CCCC=C3)(C3CCCCC3)C2C=C1. The van der Waals surface area contributed by atoms with Crippen LogP contribution in [0, 0.1) is 11.8 Å². The lowest BCUT2D eigenvalue weighted by atomic mass is 9.56. The van der Waals surface area contributed by atoms with Crippen molar-refractivity contribution < 1.29 is 0 Å². The van der Waals surface area contributed by atoms with Crippen LogP contribution in [-0.4, -0.2) is 0 Å². The molecule has 1 aromatic rings. The zero-order valence-electron chi connectivity index (χ0n) is 15.0. The highest BCUT2D eigenvalue weighted by atomic mass is 14.6. The number of allylic oxidation sites excluding steroid dienone is 8. The summed E-state index contributed by atoms with van der Waals surface area (Å²) in [6.07, 6.45) is 26.4. The molecule has 0 heteroatoms. The molecule has 0 N–H and O–H groups in total. The molecule has 25 heavy (non-hydrogen) atoms. The van der Waals surface area contributed by atoms with E-state index in [1.807, 2.05) is 0 Å². The minimum Gasteiger partial charge on any atom is -0.0839 e. The summed E-state index contributed by atoms with van der Waals surface area (Å²) in [5.41, 5.74) is 5.02. The van der Waals surface area contributed by atoms with Crippen molar-refractivity contribution in [2.45, 2.75) is 56.3 Å². The molecule has 4 aliphatic rings. The van der Waals surface area contributed by atoms with Gasteiger partial charge < -0.3 is 0 Å². The lowest BCUT2D eigenvalue weighted by molar-refractivity contribution is 0.196. The van der Waals surface area contributed by atoms with Crippen molar-refractivity contribution >= 4 is 0 Å². The highest BCUT2D eigenvalue weighted by molar-refractivity contribution is 5.58. The summed E-state index contributed by atoms with van der Waals surface area (Å²) in [6, 6.07) is 9.36. The molecule has 3 unspecified atom stereocenters. The second kappa shape index (κ2) is 6.16. The molecule has 4 aliphatic carbocycles. The Kier molecular flexibility index (Phi) is 3.81. The first-order valence-electron chi connectivity index (χ1n) is 10.2. The number of rotatable bonds is 2. The van der Waals surface area contributed by atoms with Gasteiger partial charge in [-0.15, -0.1) is 0 Å². The van der Waals surface area contributed by atoms with Gasteiger partial charge in [-0.2, -0.15) is 0 Å². The van der Waals surface area contributed by atoms with Crippen LogP contribution in [0.25, 0.3) is 0 Å². The minimum absolute atomic E-state index is 0.194. The first-order chi connectivity index (χ1) is 12.4. The Morgan fingerprint density at radius 2 is 1.72 bits per heavy atom. The normalized spacial score (nSPS) is 33.8. The second-order valence-electron chi connectivity index (χ2n) is 8.25. The van der Waals surface area contributed by atoms with E-state index in [0.717, 1.165) is 5.92 Å². The number of benzene rings is 1. The molecule has 0 nitrogen and oxygen atoms in total. The molecule has 0 heterocycles. The van der Waals surface area contributed by atoms with Crippen LogP contribution >= 0.6 is 0 Å². The Hall–Kier alpha value is -1.82. The van der Waals surface area contributed by atoms with E-state index in [2.05, 4.69) is 66.8 Å². The molecule has 1 saturated carbocycles. The Labute approximate surface area is 152 Å². The smallest absolute Gasteiger partial charge is 0.0302 e. The van der Waals surface area contributed by atoms with E-state index in [1.54, 1.807) is 16.7 Å². The predicted octanol–water partition coefficient (Wildman–Crippen LogP) is 6.62. The summed E-state index contributed by atoms with van der Waals surface area (Å²) in [5.74, 6) is 1.92. The molecule has 0 radical (unpaired) electrons. The largest absolute Gasteiger partial charge is 0.0839 e. The molecule has 0 aliphatic heterocycles. The highest BCUT2D eigenvalue weighted by Crippen LogP contribution is 2.62. The second-order valence-corrected chi connectivity index (χ2v) is 8.25. The summed E-state index contributed by atoms with van der Waals surface area (Å²) in [4.78, 5) is 0. The van der Waals surface area contributed by atoms with Crippen molar-refractivity contribution in [1.82, 2.24) is 0 Å². The van der Waals surface area contributed by atoms with Crippen LogP contribution in [0.1, 0.15) is 62.0 Å². The molecular weight excluding hydrogens is 300 g/mol. The van der Waals surface area contributed by atoms with Crippen molar-refractivity contribution in [3.8, 4) is 0 Å². The van der Waals surface area contributed by atoms with Crippen molar-refractivity contribution in [3.05, 3.63) is 83.5 Å². The molecule has 0 spiro atoms. The van der Waals surface area contributed by atoms with Crippen LogP contribution < -0.4 is 0 Å². The molecule has 0 amide bonds. The number of fused-ring (bicyclic) bond motifs is 3. The van der Waals surface area contributed by atoms with Crippen molar-refractivity contribution in [1.29, 1.82) is 0 Å². The zero-order valence-corrected chi connectivity index (χ0v) is 15.0. The van der Waals surface area contributed by atoms with E-state index in [0.29, 0.717) is 11.8 Å². The van der Waals surface area contributed by atoms with Gasteiger partial charge in [0.1, 0.15) is 0 Å². The molecular formula is C25H28. The maximum absolute atomic E-state index is 2.57. The minimum atomic E-state index is 0.194. The Morgan fingerprint density at radius 1 is 0.880 bits per heavy atom. The van der Waals surface area contributed by atoms with E-state index in [9.17, 15) is 0 Å². The summed E-state index contributed by atoms with van der Waals surface area (Å²) in [7, 11) is 0. The average Bonchev–Trinajstić information content (AvgIpc) is 3.01. The fourth-order valence-corrected chi connectivity index (χ4v) is 6.24. The van der Waals surface area contributed by atoms with Crippen LogP contribution in [0.4, 0.5) is 0 Å². The lowest BCUT2D eigenvalue weighted by Crippen LogP contribution is -2.42. The van der Waals surface area contributed by atoms with Gasteiger partial charge in [-0.25, -0.2) is 0 Å². The maximum atomic E-state index is 2.57. The van der Waals surface area contributed by atoms with Crippen molar-refractivity contribution in [2.24, 2.45) is 11.8 Å². The van der Waals surface area contributed by atoms with Crippen LogP contribution in [0.15, 0.2) is 72.4 Å². The van der Waals surface area contributed by atoms with Gasteiger partial charge in [0.05, 0.1) is 0 Å². The molecule has 0 bridgehead atoms. The van der Waals surface area contributed by atoms with Gasteiger partial charge in [-0.05, 0) is 48.3 Å². The van der Waals surface area contributed by atoms with E-state index in [1.165, 1.54) is 44.9 Å². The van der Waals surface area contributed by atoms with Crippen LogP contribution in [-0.2, 0) is 5.41 Å². The van der Waals surface area contributed by atoms with Crippen LogP contribution in [0.3, 0.4) is 0 Å². The molecule has 1 aromatic carbocycles. The maximum Gasteiger partial charge on any atom is 0.0302 e. The third-order valence-electron chi connectivity index (χ3n) is 7.15. The van der Waals surface area contributed by atoms with Gasteiger partial charge in [0, 0.05) is 17.3 Å². The molecule has 3 atom stereocenters. The lowest BCUT2D eigenvalue weighted by Gasteiger charge is -2.47. The molecule has 1 fully saturated rings. The number of hydrogen-bond donors (Lipinski definition) is 0. The van der Waals surface area contributed by atoms with Gasteiger partial charge in [0.2, 0.25) is 0 Å². The van der Waals surface area contributed by atoms with Gasteiger partial charge in [0.15, 0.2) is 0 Å². The van der Waals surface area contributed by atoms with E-state index in [-0.39, 0.29) is 5.41 Å². The third-order valence-corrected chi connectivity index (χ3v) is 7.15. The fourth-order valence-electron chi connectivity index (χ4n) is 6.24. The topological polar surface area (TPSA) is 0 Å².